The average molecular weight is 492 g/mol. The number of nitrogens with two attached hydrogens (primary N) is 1. The molecule has 4 rings (SSSR count). The maximum Gasteiger partial charge on any atom is 0.328 e. The van der Waals surface area contributed by atoms with Crippen molar-refractivity contribution in [1.29, 1.82) is 0 Å². The molecule has 4 aromatic rings. The van der Waals surface area contributed by atoms with E-state index in [-0.39, 0.29) is 17.7 Å². The molecule has 1 aromatic carbocycles. The number of aromatic amines is 1. The number of carbonyl (C=O) groups is 2. The molecule has 0 saturated heterocycles. The van der Waals surface area contributed by atoms with Crippen molar-refractivity contribution in [3.05, 3.63) is 84.3 Å². The smallest absolute Gasteiger partial charge is 0.328 e. The number of carboxylic acids is 2. The number of rotatable bonds is 7. The zero-order valence-corrected chi connectivity index (χ0v) is 18.8. The van der Waals surface area contributed by atoms with Gasteiger partial charge in [-0.1, -0.05) is 19.1 Å². The highest BCUT2D eigenvalue weighted by atomic mass is 19.1. The Balaban J connectivity index is 0.000000392. The number of nitrogen functional groups attached to an aromatic ring is 1. The minimum atomic E-state index is -1.26. The fraction of sp³-hybridized carbons (Fsp3) is 0.0870. The Hall–Kier alpha value is -5.20. The molecule has 12 nitrogen and oxygen atoms in total. The molecule has 13 heteroatoms. The molecular weight excluding hydrogens is 471 g/mol. The molecule has 3 aromatic heterocycles. The van der Waals surface area contributed by atoms with E-state index >= 15 is 0 Å². The predicted molar refractivity (Wildman–Crippen MR) is 128 cm³/mol. The maximum absolute atomic E-state index is 13.4. The number of hydrogen-bond acceptors (Lipinski definition) is 9. The van der Waals surface area contributed by atoms with Crippen LogP contribution in [0.25, 0.3) is 11.3 Å². The minimum absolute atomic E-state index is 0.109. The van der Waals surface area contributed by atoms with Crippen LogP contribution in [0.1, 0.15) is 24.0 Å². The fourth-order valence-electron chi connectivity index (χ4n) is 3.14. The number of H-pyrrole nitrogens is 1. The Labute approximate surface area is 203 Å². The van der Waals surface area contributed by atoms with Crippen molar-refractivity contribution < 1.29 is 24.2 Å². The molecule has 36 heavy (non-hydrogen) atoms. The highest BCUT2D eigenvalue weighted by Crippen LogP contribution is 2.37. The number of aliphatic carboxylic acids is 2. The summed E-state index contributed by atoms with van der Waals surface area (Å²) in [5.41, 5.74) is 9.05. The van der Waals surface area contributed by atoms with Gasteiger partial charge >= 0.3 is 11.9 Å². The molecule has 6 N–H and O–H groups in total. The summed E-state index contributed by atoms with van der Waals surface area (Å²) in [6.45, 7) is 1.99. The van der Waals surface area contributed by atoms with Crippen LogP contribution in [0.3, 0.4) is 0 Å². The number of halogens is 1. The van der Waals surface area contributed by atoms with Gasteiger partial charge < -0.3 is 21.3 Å². The van der Waals surface area contributed by atoms with Crippen LogP contribution in [0, 0.1) is 5.82 Å². The predicted octanol–water partition coefficient (Wildman–Crippen LogP) is 2.99. The van der Waals surface area contributed by atoms with E-state index < -0.39 is 11.9 Å². The van der Waals surface area contributed by atoms with E-state index in [1.165, 1.54) is 12.1 Å². The van der Waals surface area contributed by atoms with Crippen molar-refractivity contribution in [3.63, 3.8) is 0 Å². The Morgan fingerprint density at radius 2 is 1.78 bits per heavy atom. The molecule has 0 radical (unpaired) electrons. The minimum Gasteiger partial charge on any atom is -0.478 e. The van der Waals surface area contributed by atoms with Crippen molar-refractivity contribution in [2.75, 3.05) is 11.1 Å². The van der Waals surface area contributed by atoms with E-state index in [1.807, 2.05) is 6.92 Å². The number of nitrogens with one attached hydrogen (secondary N) is 2. The lowest BCUT2D eigenvalue weighted by molar-refractivity contribution is -0.134. The van der Waals surface area contributed by atoms with E-state index in [0.717, 1.165) is 16.7 Å². The van der Waals surface area contributed by atoms with Crippen molar-refractivity contribution in [1.82, 2.24) is 30.1 Å². The van der Waals surface area contributed by atoms with E-state index in [4.69, 9.17) is 15.9 Å². The normalized spacial score (nSPS) is 11.4. The summed E-state index contributed by atoms with van der Waals surface area (Å²) in [6, 6.07) is 6.33. The first-order valence-electron chi connectivity index (χ1n) is 10.3. The summed E-state index contributed by atoms with van der Waals surface area (Å²) in [5, 5.41) is 25.6. The number of carboxylic acid groups (broad SMARTS) is 2. The number of aromatic nitrogens is 6. The van der Waals surface area contributed by atoms with E-state index in [1.54, 1.807) is 43.1 Å². The van der Waals surface area contributed by atoms with Crippen molar-refractivity contribution in [2.24, 2.45) is 0 Å². The number of hydrogen-bond donors (Lipinski definition) is 5. The van der Waals surface area contributed by atoms with Gasteiger partial charge in [-0.05, 0) is 17.7 Å². The Morgan fingerprint density at radius 1 is 1.08 bits per heavy atom. The SMILES string of the molecule is CC(c1ccc(F)cc1)c1c(Nc2cnccn2)nc(N)nc1-c1cn[nH]c1.O=C(O)/C=C\C(=O)O. The molecule has 0 saturated carbocycles. The second kappa shape index (κ2) is 11.8. The molecule has 1 unspecified atom stereocenters. The topological polar surface area (TPSA) is 193 Å². The van der Waals surface area contributed by atoms with E-state index in [2.05, 4.69) is 35.5 Å². The van der Waals surface area contributed by atoms with Crippen molar-refractivity contribution >= 4 is 29.5 Å². The highest BCUT2D eigenvalue weighted by Gasteiger charge is 2.23. The molecule has 0 amide bonds. The summed E-state index contributed by atoms with van der Waals surface area (Å²) >= 11 is 0. The van der Waals surface area contributed by atoms with E-state index in [0.29, 0.717) is 29.5 Å². The van der Waals surface area contributed by atoms with Crippen LogP contribution in [0.5, 0.6) is 0 Å². The summed E-state index contributed by atoms with van der Waals surface area (Å²) < 4.78 is 13.4. The van der Waals surface area contributed by atoms with Gasteiger partial charge in [-0.15, -0.1) is 0 Å². The number of nitrogens with zero attached hydrogens (tertiary/aromatic N) is 5. The van der Waals surface area contributed by atoms with Crippen LogP contribution >= 0.6 is 0 Å². The molecule has 3 heterocycles. The van der Waals surface area contributed by atoms with Crippen LogP contribution in [-0.2, 0) is 9.59 Å². The second-order valence-electron chi connectivity index (χ2n) is 7.18. The van der Waals surface area contributed by atoms with Crippen LogP contribution in [0.15, 0.2) is 67.4 Å². The molecule has 0 bridgehead atoms. The van der Waals surface area contributed by atoms with Crippen molar-refractivity contribution in [2.45, 2.75) is 12.8 Å². The van der Waals surface area contributed by atoms with Gasteiger partial charge in [-0.2, -0.15) is 10.1 Å². The van der Waals surface area contributed by atoms with Gasteiger partial charge in [0.25, 0.3) is 0 Å². The third-order valence-electron chi connectivity index (χ3n) is 4.72. The zero-order chi connectivity index (χ0) is 26.1. The van der Waals surface area contributed by atoms with Gasteiger partial charge in [-0.25, -0.2) is 23.9 Å². The van der Waals surface area contributed by atoms with Gasteiger partial charge in [0.2, 0.25) is 5.95 Å². The van der Waals surface area contributed by atoms with Crippen LogP contribution < -0.4 is 11.1 Å². The third kappa shape index (κ3) is 6.90. The maximum atomic E-state index is 13.4. The molecule has 0 spiro atoms. The second-order valence-corrected chi connectivity index (χ2v) is 7.18. The Morgan fingerprint density at radius 3 is 2.33 bits per heavy atom. The number of anilines is 3. The van der Waals surface area contributed by atoms with Gasteiger partial charge in [0.05, 0.1) is 18.1 Å². The quantitative estimate of drug-likeness (QED) is 0.238. The van der Waals surface area contributed by atoms with Gasteiger partial charge in [-0.3, -0.25) is 10.1 Å². The first-order valence-corrected chi connectivity index (χ1v) is 10.3. The summed E-state index contributed by atoms with van der Waals surface area (Å²) in [4.78, 5) is 36.2. The van der Waals surface area contributed by atoms with Gasteiger partial charge in [0.1, 0.15) is 17.5 Å². The molecule has 0 aliphatic carbocycles. The monoisotopic (exact) mass is 492 g/mol. The average Bonchev–Trinajstić information content (AvgIpc) is 3.39. The fourth-order valence-corrected chi connectivity index (χ4v) is 3.14. The molecule has 184 valence electrons. The third-order valence-corrected chi connectivity index (χ3v) is 4.72. The lowest BCUT2D eigenvalue weighted by Gasteiger charge is -2.20. The first-order chi connectivity index (χ1) is 17.2. The van der Waals surface area contributed by atoms with Crippen LogP contribution in [0.2, 0.25) is 0 Å². The largest absolute Gasteiger partial charge is 0.478 e. The number of benzene rings is 1. The zero-order valence-electron chi connectivity index (χ0n) is 18.8. The van der Waals surface area contributed by atoms with E-state index in [9.17, 15) is 14.0 Å². The van der Waals surface area contributed by atoms with Crippen LogP contribution in [-0.4, -0.2) is 52.3 Å². The van der Waals surface area contributed by atoms with Gasteiger partial charge in [0.15, 0.2) is 0 Å². The molecule has 0 fully saturated rings. The lowest BCUT2D eigenvalue weighted by atomic mass is 9.90. The standard InChI is InChI=1S/C19H17FN8.C4H4O4/c1-11(12-2-4-14(20)5-3-12)16-17(13-8-24-25-9-13)27-19(21)28-18(16)26-15-10-22-6-7-23-15;5-3(6)1-2-4(7)8/h2-11H,1H3,(H,24,25)(H3,21,23,26,27,28);1-2H,(H,5,6)(H,7,8)/b;2-1-. The summed E-state index contributed by atoms with van der Waals surface area (Å²) in [5.74, 6) is -1.84. The lowest BCUT2D eigenvalue weighted by Crippen LogP contribution is -2.11. The van der Waals surface area contributed by atoms with Crippen LogP contribution in [0.4, 0.5) is 22.0 Å². The Bertz CT molecular complexity index is 1330. The highest BCUT2D eigenvalue weighted by molar-refractivity contribution is 5.89. The molecule has 0 aliphatic heterocycles. The molecule has 1 atom stereocenters. The summed E-state index contributed by atoms with van der Waals surface area (Å²) in [7, 11) is 0. The first kappa shape index (κ1) is 25.4. The Kier molecular flexibility index (Phi) is 8.32. The molecule has 0 aliphatic rings. The van der Waals surface area contributed by atoms with Crippen molar-refractivity contribution in [3.8, 4) is 11.3 Å². The summed E-state index contributed by atoms with van der Waals surface area (Å²) in [6.07, 6.45) is 9.25. The van der Waals surface area contributed by atoms with Gasteiger partial charge in [0, 0.05) is 47.8 Å². The molecular formula is C23H21FN8O4.